The summed E-state index contributed by atoms with van der Waals surface area (Å²) < 4.78 is 5.35. The van der Waals surface area contributed by atoms with Gasteiger partial charge in [-0.05, 0) is 13.8 Å². The molecule has 0 radical (unpaired) electrons. The van der Waals surface area contributed by atoms with E-state index in [2.05, 4.69) is 0 Å². The molecule has 0 spiro atoms. The largest absolute Gasteiger partial charge is 0.396 e. The van der Waals surface area contributed by atoms with Gasteiger partial charge in [0.15, 0.2) is 0 Å². The Morgan fingerprint density at radius 3 is 2.36 bits per heavy atom. The third-order valence-corrected chi connectivity index (χ3v) is 1.64. The highest BCUT2D eigenvalue weighted by molar-refractivity contribution is 4.73. The summed E-state index contributed by atoms with van der Waals surface area (Å²) in [6, 6.07) is 0. The number of hydrogen-bond donors (Lipinski definition) is 2. The van der Waals surface area contributed by atoms with Crippen molar-refractivity contribution in [1.82, 2.24) is 0 Å². The van der Waals surface area contributed by atoms with Crippen LogP contribution >= 0.6 is 0 Å². The van der Waals surface area contributed by atoms with Crippen LogP contribution in [0.25, 0.3) is 0 Å². The fourth-order valence-corrected chi connectivity index (χ4v) is 0.537. The third kappa shape index (κ3) is 4.35. The zero-order valence-corrected chi connectivity index (χ0v) is 7.63. The van der Waals surface area contributed by atoms with Gasteiger partial charge in [0.25, 0.3) is 0 Å². The highest BCUT2D eigenvalue weighted by Crippen LogP contribution is 2.13. The summed E-state index contributed by atoms with van der Waals surface area (Å²) in [6.45, 7) is 6.90. The van der Waals surface area contributed by atoms with E-state index < -0.39 is 0 Å². The summed E-state index contributed by atoms with van der Waals surface area (Å²) in [6.07, 6.45) is 0.201. The molecule has 0 aliphatic heterocycles. The molecule has 1 atom stereocenters. The summed E-state index contributed by atoms with van der Waals surface area (Å²) in [5, 5.41) is 8.94. The van der Waals surface area contributed by atoms with Crippen molar-refractivity contribution in [3.63, 3.8) is 0 Å². The maximum atomic E-state index is 8.94. The molecule has 0 aromatic carbocycles. The normalized spacial score (nSPS) is 16.9. The molecule has 0 saturated carbocycles. The zero-order chi connectivity index (χ0) is 8.91. The van der Waals surface area contributed by atoms with Gasteiger partial charge in [0.05, 0.1) is 19.3 Å². The van der Waals surface area contributed by atoms with Crippen LogP contribution in [0.3, 0.4) is 0 Å². The second-order valence-corrected chi connectivity index (χ2v) is 3.53. The predicted octanol–water partition coefficient (Wildman–Crippen LogP) is 0.369. The molecule has 68 valence electrons. The van der Waals surface area contributed by atoms with Gasteiger partial charge >= 0.3 is 0 Å². The second kappa shape index (κ2) is 4.70. The molecule has 0 bridgehead atoms. The molecular weight excluding hydrogens is 142 g/mol. The Kier molecular flexibility index (Phi) is 4.65. The highest BCUT2D eigenvalue weighted by atomic mass is 16.5. The average Bonchev–Trinajstić information content (AvgIpc) is 2.00. The molecule has 0 aromatic heterocycles. The minimum Gasteiger partial charge on any atom is -0.396 e. The van der Waals surface area contributed by atoms with Crippen molar-refractivity contribution >= 4 is 0 Å². The van der Waals surface area contributed by atoms with Gasteiger partial charge in [0.1, 0.15) is 0 Å². The molecule has 0 rings (SSSR count). The first-order chi connectivity index (χ1) is 5.04. The maximum Gasteiger partial charge on any atom is 0.0557 e. The smallest absolute Gasteiger partial charge is 0.0557 e. The van der Waals surface area contributed by atoms with E-state index in [1.165, 1.54) is 0 Å². The van der Waals surface area contributed by atoms with Crippen LogP contribution in [-0.4, -0.2) is 31.0 Å². The molecule has 0 saturated heterocycles. The van der Waals surface area contributed by atoms with Gasteiger partial charge in [-0.25, -0.2) is 0 Å². The number of ether oxygens (including phenoxy) is 1. The minimum atomic E-state index is -0.274. The van der Waals surface area contributed by atoms with Crippen molar-refractivity contribution in [2.24, 2.45) is 11.1 Å². The fourth-order valence-electron chi connectivity index (χ4n) is 0.537. The molecule has 0 fully saturated rings. The summed E-state index contributed by atoms with van der Waals surface area (Å²) in [7, 11) is 0. The van der Waals surface area contributed by atoms with Gasteiger partial charge in [0, 0.05) is 12.0 Å². The van der Waals surface area contributed by atoms with Gasteiger partial charge in [0.2, 0.25) is 0 Å². The van der Waals surface area contributed by atoms with Crippen LogP contribution in [0.1, 0.15) is 20.8 Å². The average molecular weight is 161 g/mol. The predicted molar refractivity (Wildman–Crippen MR) is 45.3 cm³/mol. The first-order valence-corrected chi connectivity index (χ1v) is 3.96. The number of aliphatic hydroxyl groups excluding tert-OH is 1. The number of rotatable bonds is 5. The molecule has 0 amide bonds. The Morgan fingerprint density at radius 1 is 1.55 bits per heavy atom. The maximum absolute atomic E-state index is 8.94. The van der Waals surface area contributed by atoms with E-state index in [-0.39, 0.29) is 18.1 Å². The summed E-state index contributed by atoms with van der Waals surface area (Å²) in [5.41, 5.74) is 5.19. The molecule has 1 unspecified atom stereocenters. The minimum absolute atomic E-state index is 0.0796. The van der Waals surface area contributed by atoms with Crippen LogP contribution in [0.15, 0.2) is 0 Å². The van der Waals surface area contributed by atoms with Crippen molar-refractivity contribution in [2.45, 2.75) is 26.9 Å². The van der Waals surface area contributed by atoms with Gasteiger partial charge < -0.3 is 15.6 Å². The Balaban J connectivity index is 3.69. The molecule has 0 aromatic rings. The molecule has 3 nitrogen and oxygen atoms in total. The standard InChI is InChI=1S/C8H19NO2/c1-7(2)11-6-8(3,4-9)5-10/h7,10H,4-6,9H2,1-3H3. The monoisotopic (exact) mass is 161 g/mol. The number of hydrogen-bond acceptors (Lipinski definition) is 3. The lowest BCUT2D eigenvalue weighted by Crippen LogP contribution is -2.36. The third-order valence-electron chi connectivity index (χ3n) is 1.64. The van der Waals surface area contributed by atoms with Crippen LogP contribution < -0.4 is 5.73 Å². The van der Waals surface area contributed by atoms with Gasteiger partial charge in [-0.3, -0.25) is 0 Å². The second-order valence-electron chi connectivity index (χ2n) is 3.53. The van der Waals surface area contributed by atoms with Crippen LogP contribution in [0.4, 0.5) is 0 Å². The number of aliphatic hydroxyl groups is 1. The van der Waals surface area contributed by atoms with Gasteiger partial charge in [-0.1, -0.05) is 6.92 Å². The fraction of sp³-hybridized carbons (Fsp3) is 1.00. The lowest BCUT2D eigenvalue weighted by Gasteiger charge is -2.25. The first-order valence-electron chi connectivity index (χ1n) is 3.96. The summed E-state index contributed by atoms with van der Waals surface area (Å²) >= 11 is 0. The number of nitrogens with two attached hydrogens (primary N) is 1. The molecule has 0 aliphatic rings. The Hall–Kier alpha value is -0.120. The molecule has 3 N–H and O–H groups in total. The van der Waals surface area contributed by atoms with Crippen LogP contribution in [0, 0.1) is 5.41 Å². The topological polar surface area (TPSA) is 55.5 Å². The van der Waals surface area contributed by atoms with Crippen molar-refractivity contribution in [3.05, 3.63) is 0 Å². The Morgan fingerprint density at radius 2 is 2.09 bits per heavy atom. The molecule has 0 aliphatic carbocycles. The van der Waals surface area contributed by atoms with Crippen LogP contribution in [0.2, 0.25) is 0 Å². The van der Waals surface area contributed by atoms with Crippen molar-refractivity contribution in [3.8, 4) is 0 Å². The van der Waals surface area contributed by atoms with Crippen molar-refractivity contribution < 1.29 is 9.84 Å². The summed E-state index contributed by atoms with van der Waals surface area (Å²) in [5.74, 6) is 0. The van der Waals surface area contributed by atoms with E-state index >= 15 is 0 Å². The lowest BCUT2D eigenvalue weighted by atomic mass is 9.93. The van der Waals surface area contributed by atoms with Crippen molar-refractivity contribution in [2.75, 3.05) is 19.8 Å². The van der Waals surface area contributed by atoms with Gasteiger partial charge in [-0.15, -0.1) is 0 Å². The van der Waals surface area contributed by atoms with Crippen molar-refractivity contribution in [1.29, 1.82) is 0 Å². The van der Waals surface area contributed by atoms with E-state index in [9.17, 15) is 0 Å². The van der Waals surface area contributed by atoms with E-state index in [1.54, 1.807) is 0 Å². The van der Waals surface area contributed by atoms with E-state index in [0.717, 1.165) is 0 Å². The first kappa shape index (κ1) is 10.9. The zero-order valence-electron chi connectivity index (χ0n) is 7.63. The van der Waals surface area contributed by atoms with Gasteiger partial charge in [-0.2, -0.15) is 0 Å². The van der Waals surface area contributed by atoms with Crippen LogP contribution in [0.5, 0.6) is 0 Å². The van der Waals surface area contributed by atoms with E-state index in [1.807, 2.05) is 20.8 Å². The quantitative estimate of drug-likeness (QED) is 0.612. The van der Waals surface area contributed by atoms with E-state index in [0.29, 0.717) is 13.2 Å². The van der Waals surface area contributed by atoms with E-state index in [4.69, 9.17) is 15.6 Å². The lowest BCUT2D eigenvalue weighted by molar-refractivity contribution is -0.00686. The Labute approximate surface area is 68.5 Å². The SMILES string of the molecule is CC(C)OCC(C)(CN)CO. The molecule has 11 heavy (non-hydrogen) atoms. The molecule has 3 heteroatoms. The highest BCUT2D eigenvalue weighted by Gasteiger charge is 2.21. The summed E-state index contributed by atoms with van der Waals surface area (Å²) in [4.78, 5) is 0. The molecular formula is C8H19NO2. The molecule has 0 heterocycles. The Bertz CT molecular complexity index is 100. The van der Waals surface area contributed by atoms with Crippen LogP contribution in [-0.2, 0) is 4.74 Å².